The summed E-state index contributed by atoms with van der Waals surface area (Å²) in [6, 6.07) is 0.528. The molecule has 0 unspecified atom stereocenters. The number of nitrogens with one attached hydrogen (secondary N) is 1. The minimum atomic E-state index is 0.528. The number of hydrogen-bond acceptors (Lipinski definition) is 2. The van der Waals surface area contributed by atoms with Crippen LogP contribution in [0.5, 0.6) is 0 Å². The Kier molecular flexibility index (Phi) is 5.72. The molecule has 1 fully saturated rings. The summed E-state index contributed by atoms with van der Waals surface area (Å²) in [6.45, 7) is 1.71. The molecular weight excluding hydrogens is 238 g/mol. The Labute approximate surface area is 115 Å². The smallest absolute Gasteiger partial charge is 0.188 e. The zero-order chi connectivity index (χ0) is 13.3. The number of guanidine groups is 1. The molecule has 3 N–H and O–H groups in total. The van der Waals surface area contributed by atoms with Crippen LogP contribution in [-0.4, -0.2) is 28.1 Å². The van der Waals surface area contributed by atoms with Crippen molar-refractivity contribution in [2.45, 2.75) is 57.5 Å². The first-order valence-corrected chi connectivity index (χ1v) is 7.37. The summed E-state index contributed by atoms with van der Waals surface area (Å²) in [4.78, 5) is 8.41. The van der Waals surface area contributed by atoms with Crippen LogP contribution in [0.15, 0.2) is 23.7 Å². The van der Waals surface area contributed by atoms with Crippen LogP contribution in [0.25, 0.3) is 0 Å². The average molecular weight is 263 g/mol. The van der Waals surface area contributed by atoms with Gasteiger partial charge in [0.1, 0.15) is 0 Å². The van der Waals surface area contributed by atoms with Crippen molar-refractivity contribution in [3.63, 3.8) is 0 Å². The quantitative estimate of drug-likeness (QED) is 0.369. The molecule has 1 heterocycles. The third-order valence-electron chi connectivity index (χ3n) is 3.62. The van der Waals surface area contributed by atoms with Crippen LogP contribution in [0.2, 0.25) is 0 Å². The molecule has 0 saturated heterocycles. The fourth-order valence-electron chi connectivity index (χ4n) is 2.55. The van der Waals surface area contributed by atoms with E-state index in [1.54, 1.807) is 6.20 Å². The molecule has 106 valence electrons. The van der Waals surface area contributed by atoms with E-state index in [0.717, 1.165) is 19.5 Å². The van der Waals surface area contributed by atoms with Crippen LogP contribution in [0.1, 0.15) is 44.9 Å². The number of aliphatic imine (C=N–C) groups is 1. The highest BCUT2D eigenvalue weighted by Crippen LogP contribution is 2.16. The molecule has 5 heteroatoms. The van der Waals surface area contributed by atoms with Gasteiger partial charge in [0.15, 0.2) is 5.96 Å². The van der Waals surface area contributed by atoms with Crippen molar-refractivity contribution in [2.75, 3.05) is 6.54 Å². The summed E-state index contributed by atoms with van der Waals surface area (Å²) < 4.78 is 2.06. The predicted octanol–water partition coefficient (Wildman–Crippen LogP) is 1.90. The maximum Gasteiger partial charge on any atom is 0.188 e. The maximum absolute atomic E-state index is 5.93. The number of aryl methyl sites for hydroxylation is 1. The molecule has 0 bridgehead atoms. The van der Waals surface area contributed by atoms with E-state index in [1.807, 2.05) is 12.5 Å². The second-order valence-electron chi connectivity index (χ2n) is 5.25. The molecule has 0 atom stereocenters. The van der Waals surface area contributed by atoms with E-state index in [-0.39, 0.29) is 0 Å². The van der Waals surface area contributed by atoms with E-state index in [0.29, 0.717) is 12.0 Å². The number of hydrogen-bond donors (Lipinski definition) is 2. The fraction of sp³-hybridized carbons (Fsp3) is 0.714. The van der Waals surface area contributed by atoms with Gasteiger partial charge >= 0.3 is 0 Å². The van der Waals surface area contributed by atoms with E-state index >= 15 is 0 Å². The molecule has 5 nitrogen and oxygen atoms in total. The third kappa shape index (κ3) is 5.32. The lowest BCUT2D eigenvalue weighted by Gasteiger charge is -2.16. The van der Waals surface area contributed by atoms with Gasteiger partial charge in [-0.3, -0.25) is 4.99 Å². The number of nitrogens with two attached hydrogens (primary N) is 1. The van der Waals surface area contributed by atoms with Crippen LogP contribution in [0, 0.1) is 0 Å². The van der Waals surface area contributed by atoms with E-state index in [2.05, 4.69) is 19.9 Å². The van der Waals surface area contributed by atoms with Gasteiger partial charge in [-0.05, 0) is 19.3 Å². The molecule has 1 aliphatic carbocycles. The number of nitrogens with zero attached hydrogens (tertiary/aromatic N) is 3. The highest BCUT2D eigenvalue weighted by atomic mass is 15.1. The topological polar surface area (TPSA) is 68.2 Å². The third-order valence-corrected chi connectivity index (χ3v) is 3.62. The molecule has 0 spiro atoms. The van der Waals surface area contributed by atoms with Crippen molar-refractivity contribution in [3.8, 4) is 0 Å². The highest BCUT2D eigenvalue weighted by molar-refractivity contribution is 5.78. The Morgan fingerprint density at radius 3 is 2.79 bits per heavy atom. The standard InChI is InChI=1S/C14H25N5/c15-14(18-13-6-3-1-2-4-7-13)17-8-5-10-19-11-9-16-12-19/h9,11-13H,1-8,10H2,(H3,15,17,18). The molecule has 0 aliphatic heterocycles. The molecule has 19 heavy (non-hydrogen) atoms. The van der Waals surface area contributed by atoms with Crippen molar-refractivity contribution in [1.82, 2.24) is 14.9 Å². The van der Waals surface area contributed by atoms with Gasteiger partial charge < -0.3 is 15.6 Å². The lowest BCUT2D eigenvalue weighted by molar-refractivity contribution is 0.529. The van der Waals surface area contributed by atoms with Gasteiger partial charge in [-0.1, -0.05) is 25.7 Å². The first-order valence-electron chi connectivity index (χ1n) is 7.37. The molecule has 0 amide bonds. The minimum absolute atomic E-state index is 0.528. The van der Waals surface area contributed by atoms with Gasteiger partial charge in [-0.2, -0.15) is 0 Å². The van der Waals surface area contributed by atoms with Crippen molar-refractivity contribution < 1.29 is 0 Å². The van der Waals surface area contributed by atoms with Crippen LogP contribution < -0.4 is 11.1 Å². The van der Waals surface area contributed by atoms with E-state index < -0.39 is 0 Å². The Bertz CT molecular complexity index is 363. The van der Waals surface area contributed by atoms with E-state index in [1.165, 1.54) is 38.5 Å². The highest BCUT2D eigenvalue weighted by Gasteiger charge is 2.11. The summed E-state index contributed by atoms with van der Waals surface area (Å²) in [5.74, 6) is 0.609. The molecule has 1 saturated carbocycles. The molecule has 0 aromatic carbocycles. The van der Waals surface area contributed by atoms with Crippen molar-refractivity contribution in [1.29, 1.82) is 0 Å². The Hall–Kier alpha value is -1.52. The van der Waals surface area contributed by atoms with Crippen LogP contribution in [0.3, 0.4) is 0 Å². The summed E-state index contributed by atoms with van der Waals surface area (Å²) >= 11 is 0. The van der Waals surface area contributed by atoms with Crippen LogP contribution >= 0.6 is 0 Å². The predicted molar refractivity (Wildman–Crippen MR) is 78.0 cm³/mol. The van der Waals surface area contributed by atoms with Crippen LogP contribution in [0.4, 0.5) is 0 Å². The molecule has 1 aromatic rings. The van der Waals surface area contributed by atoms with Gasteiger partial charge in [0, 0.05) is 31.5 Å². The summed E-state index contributed by atoms with van der Waals surface area (Å²) in [5.41, 5.74) is 5.93. The zero-order valence-corrected chi connectivity index (χ0v) is 11.6. The first kappa shape index (κ1) is 13.9. The molecule has 0 radical (unpaired) electrons. The Morgan fingerprint density at radius 2 is 2.11 bits per heavy atom. The molecular formula is C14H25N5. The summed E-state index contributed by atoms with van der Waals surface area (Å²) in [6.07, 6.45) is 14.4. The Morgan fingerprint density at radius 1 is 1.32 bits per heavy atom. The van der Waals surface area contributed by atoms with Crippen molar-refractivity contribution in [3.05, 3.63) is 18.7 Å². The number of aromatic nitrogens is 2. The van der Waals surface area contributed by atoms with E-state index in [4.69, 9.17) is 5.73 Å². The lowest BCUT2D eigenvalue weighted by Crippen LogP contribution is -2.39. The minimum Gasteiger partial charge on any atom is -0.370 e. The van der Waals surface area contributed by atoms with Crippen molar-refractivity contribution >= 4 is 5.96 Å². The first-order chi connectivity index (χ1) is 9.34. The normalized spacial score (nSPS) is 18.2. The fourth-order valence-corrected chi connectivity index (χ4v) is 2.55. The second-order valence-corrected chi connectivity index (χ2v) is 5.25. The van der Waals surface area contributed by atoms with Gasteiger partial charge in [0.05, 0.1) is 6.33 Å². The maximum atomic E-state index is 5.93. The Balaban J connectivity index is 1.64. The monoisotopic (exact) mass is 263 g/mol. The molecule has 2 rings (SSSR count). The SMILES string of the molecule is NC(=NCCCn1ccnc1)NC1CCCCCC1. The summed E-state index contributed by atoms with van der Waals surface area (Å²) in [7, 11) is 0. The van der Waals surface area contributed by atoms with Gasteiger partial charge in [0.2, 0.25) is 0 Å². The molecule has 1 aromatic heterocycles. The van der Waals surface area contributed by atoms with Gasteiger partial charge in [0.25, 0.3) is 0 Å². The van der Waals surface area contributed by atoms with E-state index in [9.17, 15) is 0 Å². The largest absolute Gasteiger partial charge is 0.370 e. The molecule has 1 aliphatic rings. The van der Waals surface area contributed by atoms with Crippen molar-refractivity contribution in [2.24, 2.45) is 10.7 Å². The zero-order valence-electron chi connectivity index (χ0n) is 11.6. The van der Waals surface area contributed by atoms with Gasteiger partial charge in [-0.15, -0.1) is 0 Å². The second kappa shape index (κ2) is 7.81. The number of imidazole rings is 1. The number of rotatable bonds is 5. The van der Waals surface area contributed by atoms with Crippen LogP contribution in [-0.2, 0) is 6.54 Å². The summed E-state index contributed by atoms with van der Waals surface area (Å²) in [5, 5.41) is 3.36. The lowest BCUT2D eigenvalue weighted by atomic mass is 10.1. The average Bonchev–Trinajstić information content (AvgIpc) is 2.79. The van der Waals surface area contributed by atoms with Gasteiger partial charge in [-0.25, -0.2) is 4.98 Å².